The van der Waals surface area contributed by atoms with E-state index >= 15 is 0 Å². The highest BCUT2D eigenvalue weighted by Crippen LogP contribution is 2.17. The van der Waals surface area contributed by atoms with Crippen molar-refractivity contribution in [3.05, 3.63) is 12.2 Å². The second kappa shape index (κ2) is 88.5. The van der Waals surface area contributed by atoms with Crippen LogP contribution < -0.4 is 0 Å². The van der Waals surface area contributed by atoms with Crippen molar-refractivity contribution in [2.45, 2.75) is 446 Å². The Morgan fingerprint density at radius 2 is 0.279 bits per heavy atom. The molecule has 0 fully saturated rings. The van der Waals surface area contributed by atoms with E-state index in [1.807, 2.05) is 0 Å². The Morgan fingerprint density at radius 3 is 0.407 bits per heavy atom. The average molecular weight is 1220 g/mol. The number of hydrogen-bond acceptors (Lipinski definition) is 5. The Kier molecular flexibility index (Phi) is 94.5. The van der Waals surface area contributed by atoms with Crippen LogP contribution in [0.5, 0.6) is 0 Å². The molecular weight excluding hydrogens is 1070 g/mol. The van der Waals surface area contributed by atoms with Gasteiger partial charge in [0.05, 0.1) is 0 Å². The quantitative estimate of drug-likeness (QED) is 0.0290. The minimum Gasteiger partial charge on any atom is -0.481 e. The fourth-order valence-corrected chi connectivity index (χ4v) is 10.5. The maximum atomic E-state index is 10.3. The Morgan fingerprint density at radius 1 is 0.174 bits per heavy atom. The number of carbonyl (C=O) groups is 5. The largest absolute Gasteiger partial charge is 0.481 e. The number of unbranched alkanes of at least 4 members (excludes halogenated alkanes) is 53. The number of rotatable bonds is 65. The lowest BCUT2D eigenvalue weighted by Crippen LogP contribution is -1.93. The minimum absolute atomic E-state index is 0.331. The number of aliphatic carboxylic acids is 5. The minimum atomic E-state index is -0.666. The second-order valence-electron chi connectivity index (χ2n) is 25.2. The van der Waals surface area contributed by atoms with E-state index < -0.39 is 29.8 Å². The molecule has 5 N–H and O–H groups in total. The van der Waals surface area contributed by atoms with Gasteiger partial charge in [-0.25, -0.2) is 0 Å². The third kappa shape index (κ3) is 112. The van der Waals surface area contributed by atoms with Crippen LogP contribution in [-0.2, 0) is 24.0 Å². The maximum Gasteiger partial charge on any atom is 0.303 e. The van der Waals surface area contributed by atoms with Crippen LogP contribution in [0, 0.1) is 0 Å². The molecule has 0 saturated heterocycles. The van der Waals surface area contributed by atoms with E-state index in [1.54, 1.807) is 0 Å². The van der Waals surface area contributed by atoms with E-state index in [2.05, 4.69) is 46.8 Å². The Labute approximate surface area is 534 Å². The number of carboxylic acid groups (broad SMARTS) is 5. The molecule has 0 atom stereocenters. The molecule has 0 aliphatic rings. The van der Waals surface area contributed by atoms with Crippen LogP contribution in [0.15, 0.2) is 12.2 Å². The summed E-state index contributed by atoms with van der Waals surface area (Å²) < 4.78 is 0. The highest BCUT2D eigenvalue weighted by atomic mass is 16.4. The Bertz CT molecular complexity index is 1330. The summed E-state index contributed by atoms with van der Waals surface area (Å²) in [4.78, 5) is 51.4. The first-order valence-electron chi connectivity index (χ1n) is 37.6. The van der Waals surface area contributed by atoms with Gasteiger partial charge in [-0.15, -0.1) is 0 Å². The van der Waals surface area contributed by atoms with E-state index in [0.717, 1.165) is 64.2 Å². The van der Waals surface area contributed by atoms with Crippen molar-refractivity contribution in [3.8, 4) is 0 Å². The zero-order valence-corrected chi connectivity index (χ0v) is 58.2. The summed E-state index contributed by atoms with van der Waals surface area (Å²) in [5.41, 5.74) is 0. The van der Waals surface area contributed by atoms with Gasteiger partial charge in [0.2, 0.25) is 0 Å². The lowest BCUT2D eigenvalue weighted by atomic mass is 10.0. The summed E-state index contributed by atoms with van der Waals surface area (Å²) in [6.45, 7) is 11.2. The van der Waals surface area contributed by atoms with Crippen LogP contribution in [0.3, 0.4) is 0 Å². The Hall–Kier alpha value is -2.91. The van der Waals surface area contributed by atoms with Gasteiger partial charge in [0, 0.05) is 32.1 Å². The van der Waals surface area contributed by atoms with Gasteiger partial charge in [0.25, 0.3) is 0 Å². The summed E-state index contributed by atoms with van der Waals surface area (Å²) in [5.74, 6) is -3.29. The summed E-state index contributed by atoms with van der Waals surface area (Å²) in [7, 11) is 0. The van der Waals surface area contributed by atoms with Gasteiger partial charge in [-0.05, 0) is 57.8 Å². The zero-order valence-electron chi connectivity index (χ0n) is 58.2. The van der Waals surface area contributed by atoms with Crippen LogP contribution in [0.2, 0.25) is 0 Å². The standard InChI is InChI=1S/C18H36O2.C16H32O2.C16H30O2.C14H28O2.C12H24O2/c1-2-3-4-5-6-7-8-9-10-11-12-13-14-15-16-17-18(19)20;2*1-2-3-4-5-6-7-8-9-10-11-12-13-14-15-16(17)18;1-2-3-4-5-6-7-8-9-10-11-12-13-14(15)16;1-2-3-4-5-6-7-8-9-10-11-12(13)14/h2-17H2,1H3,(H,19,20);2-15H2,1H3,(H,17,18);7-8H,2-6,9-15H2,1H3,(H,17,18);2-13H2,1H3,(H,15,16);2-11H2,1H3,(H,13,14)/b;;8-7-;;. The topological polar surface area (TPSA) is 186 Å². The Balaban J connectivity index is -0.000000319. The molecule has 0 aliphatic carbocycles. The molecule has 0 aromatic heterocycles. The molecular formula is C76H150O10. The first-order valence-corrected chi connectivity index (χ1v) is 37.6. The van der Waals surface area contributed by atoms with E-state index in [4.69, 9.17) is 25.5 Å². The van der Waals surface area contributed by atoms with Gasteiger partial charge in [0.15, 0.2) is 0 Å². The normalized spacial score (nSPS) is 10.8. The van der Waals surface area contributed by atoms with Gasteiger partial charge in [-0.1, -0.05) is 368 Å². The SMILES string of the molecule is CCCCCC/C=C\CCCCCCCC(=O)O.CCCCCCCCCCCC(=O)O.CCCCCCCCCCCCCC(=O)O.CCCCCCCCCCCCCCCC(=O)O.CCCCCCCCCCCCCCCCCC(=O)O. The van der Waals surface area contributed by atoms with Gasteiger partial charge >= 0.3 is 29.8 Å². The van der Waals surface area contributed by atoms with Crippen molar-refractivity contribution in [3.63, 3.8) is 0 Å². The predicted molar refractivity (Wildman–Crippen MR) is 371 cm³/mol. The first kappa shape index (κ1) is 91.8. The van der Waals surface area contributed by atoms with Gasteiger partial charge in [-0.2, -0.15) is 0 Å². The van der Waals surface area contributed by atoms with E-state index in [9.17, 15) is 24.0 Å². The lowest BCUT2D eigenvalue weighted by molar-refractivity contribution is -0.138. The number of allylic oxidation sites excluding steroid dienone is 2. The van der Waals surface area contributed by atoms with Crippen LogP contribution in [0.25, 0.3) is 0 Å². The molecule has 0 radical (unpaired) electrons. The lowest BCUT2D eigenvalue weighted by Gasteiger charge is -2.03. The van der Waals surface area contributed by atoms with Crippen molar-refractivity contribution in [2.75, 3.05) is 0 Å². The van der Waals surface area contributed by atoms with Crippen molar-refractivity contribution in [1.82, 2.24) is 0 Å². The molecule has 514 valence electrons. The summed E-state index contributed by atoms with van der Waals surface area (Å²) in [6.07, 6.45) is 81.6. The summed E-state index contributed by atoms with van der Waals surface area (Å²) in [5, 5.41) is 42.4. The molecule has 10 nitrogen and oxygen atoms in total. The summed E-state index contributed by atoms with van der Waals surface area (Å²) in [6, 6.07) is 0. The van der Waals surface area contributed by atoms with Crippen molar-refractivity contribution < 1.29 is 49.5 Å². The predicted octanol–water partition coefficient (Wildman–Crippen LogP) is 26.0. The monoisotopic (exact) mass is 1220 g/mol. The fourth-order valence-electron chi connectivity index (χ4n) is 10.5. The molecule has 0 aliphatic heterocycles. The average Bonchev–Trinajstić information content (AvgIpc) is 3.48. The molecule has 10 heteroatoms. The van der Waals surface area contributed by atoms with Gasteiger partial charge in [-0.3, -0.25) is 24.0 Å². The molecule has 0 amide bonds. The van der Waals surface area contributed by atoms with Gasteiger partial charge < -0.3 is 25.5 Å². The number of carboxylic acids is 5. The molecule has 0 rings (SSSR count). The molecule has 0 heterocycles. The van der Waals surface area contributed by atoms with Crippen LogP contribution >= 0.6 is 0 Å². The van der Waals surface area contributed by atoms with Crippen molar-refractivity contribution in [2.24, 2.45) is 0 Å². The molecule has 0 saturated carbocycles. The third-order valence-corrected chi connectivity index (χ3v) is 16.1. The molecule has 0 spiro atoms. The number of hydrogen-bond donors (Lipinski definition) is 5. The zero-order chi connectivity index (χ0) is 64.6. The van der Waals surface area contributed by atoms with E-state index in [-0.39, 0.29) is 0 Å². The first-order chi connectivity index (χ1) is 41.9. The highest BCUT2D eigenvalue weighted by molar-refractivity contribution is 5.67. The van der Waals surface area contributed by atoms with Crippen LogP contribution in [-0.4, -0.2) is 55.4 Å². The second-order valence-corrected chi connectivity index (χ2v) is 25.2. The van der Waals surface area contributed by atoms with E-state index in [1.165, 1.54) is 315 Å². The van der Waals surface area contributed by atoms with Gasteiger partial charge in [0.1, 0.15) is 0 Å². The molecule has 0 unspecified atom stereocenters. The third-order valence-electron chi connectivity index (χ3n) is 16.1. The molecule has 86 heavy (non-hydrogen) atoms. The van der Waals surface area contributed by atoms with Crippen molar-refractivity contribution in [1.29, 1.82) is 0 Å². The van der Waals surface area contributed by atoms with Crippen molar-refractivity contribution >= 4 is 29.8 Å². The van der Waals surface area contributed by atoms with E-state index in [0.29, 0.717) is 32.1 Å². The fraction of sp³-hybridized carbons (Fsp3) is 0.908. The highest BCUT2D eigenvalue weighted by Gasteiger charge is 2.02. The maximum absolute atomic E-state index is 10.3. The molecule has 0 aromatic carbocycles. The molecule has 0 aromatic rings. The van der Waals surface area contributed by atoms with Crippen LogP contribution in [0.1, 0.15) is 446 Å². The summed E-state index contributed by atoms with van der Waals surface area (Å²) >= 11 is 0. The van der Waals surface area contributed by atoms with Crippen LogP contribution in [0.4, 0.5) is 0 Å². The molecule has 0 bridgehead atoms. The smallest absolute Gasteiger partial charge is 0.303 e.